The van der Waals surface area contributed by atoms with Crippen molar-refractivity contribution in [3.63, 3.8) is 0 Å². The van der Waals surface area contributed by atoms with Crippen molar-refractivity contribution in [3.05, 3.63) is 69.7 Å². The summed E-state index contributed by atoms with van der Waals surface area (Å²) in [6.07, 6.45) is 1.59. The van der Waals surface area contributed by atoms with Crippen LogP contribution in [0.3, 0.4) is 0 Å². The van der Waals surface area contributed by atoms with E-state index in [1.165, 1.54) is 19.9 Å². The Morgan fingerprint density at radius 3 is 2.52 bits per heavy atom. The highest BCUT2D eigenvalue weighted by Gasteiger charge is 2.17. The summed E-state index contributed by atoms with van der Waals surface area (Å²) in [6.45, 7) is 2.88. The number of amides is 1. The van der Waals surface area contributed by atoms with Gasteiger partial charge in [-0.25, -0.2) is 4.79 Å². The van der Waals surface area contributed by atoms with Gasteiger partial charge >= 0.3 is 5.97 Å². The smallest absolute Gasteiger partial charge is 0.331 e. The molecule has 7 heteroatoms. The largest absolute Gasteiger partial charge is 0.449 e. The Balaban J connectivity index is 1.96. The van der Waals surface area contributed by atoms with Gasteiger partial charge in [0.25, 0.3) is 5.91 Å². The quantitative estimate of drug-likeness (QED) is 0.426. The number of carbonyl (C=O) groups is 3. The minimum absolute atomic E-state index is 0.115. The number of halogens is 2. The van der Waals surface area contributed by atoms with Crippen LogP contribution in [0.25, 0.3) is 6.08 Å². The number of Topliss-reactive ketones (excluding diaryl/α,β-unsaturated/α-hetero) is 1. The molecule has 1 amide bonds. The fourth-order valence-corrected chi connectivity index (χ4v) is 2.50. The molecule has 140 valence electrons. The maximum Gasteiger partial charge on any atom is 0.331 e. The fraction of sp³-hybridized carbons (Fsp3) is 0.150. The molecule has 1 atom stereocenters. The summed E-state index contributed by atoms with van der Waals surface area (Å²) in [7, 11) is 0. The van der Waals surface area contributed by atoms with Crippen molar-refractivity contribution in [1.29, 1.82) is 0 Å². The van der Waals surface area contributed by atoms with Gasteiger partial charge in [-0.1, -0.05) is 47.5 Å². The van der Waals surface area contributed by atoms with E-state index < -0.39 is 18.0 Å². The predicted octanol–water partition coefficient (Wildman–Crippen LogP) is 4.78. The minimum atomic E-state index is -1.03. The van der Waals surface area contributed by atoms with Gasteiger partial charge in [0.1, 0.15) is 0 Å². The van der Waals surface area contributed by atoms with Crippen LogP contribution in [0.1, 0.15) is 29.8 Å². The molecule has 0 saturated carbocycles. The number of carbonyl (C=O) groups excluding carboxylic acids is 3. The lowest BCUT2D eigenvalue weighted by Crippen LogP contribution is -2.29. The van der Waals surface area contributed by atoms with Crippen molar-refractivity contribution in [2.24, 2.45) is 0 Å². The van der Waals surface area contributed by atoms with E-state index >= 15 is 0 Å². The number of hydrogen-bond acceptors (Lipinski definition) is 4. The molecule has 0 fully saturated rings. The van der Waals surface area contributed by atoms with Gasteiger partial charge in [0.2, 0.25) is 0 Å². The summed E-state index contributed by atoms with van der Waals surface area (Å²) in [5.41, 5.74) is 1.47. The monoisotopic (exact) mass is 405 g/mol. The molecule has 2 rings (SSSR count). The predicted molar refractivity (Wildman–Crippen MR) is 106 cm³/mol. The zero-order chi connectivity index (χ0) is 20.0. The highest BCUT2D eigenvalue weighted by atomic mass is 35.5. The number of nitrogens with one attached hydrogen (secondary N) is 1. The number of benzene rings is 2. The maximum absolute atomic E-state index is 12.2. The molecule has 0 saturated heterocycles. The zero-order valence-electron chi connectivity index (χ0n) is 14.7. The van der Waals surface area contributed by atoms with Crippen LogP contribution in [0.4, 0.5) is 5.69 Å². The lowest BCUT2D eigenvalue weighted by atomic mass is 10.1. The first-order valence-electron chi connectivity index (χ1n) is 8.02. The van der Waals surface area contributed by atoms with Crippen molar-refractivity contribution in [2.75, 3.05) is 5.32 Å². The highest BCUT2D eigenvalue weighted by molar-refractivity contribution is 6.42. The second kappa shape index (κ2) is 9.35. The third-order valence-corrected chi connectivity index (χ3v) is 4.41. The van der Waals surface area contributed by atoms with Gasteiger partial charge in [0, 0.05) is 17.3 Å². The minimum Gasteiger partial charge on any atom is -0.449 e. The summed E-state index contributed by atoms with van der Waals surface area (Å²) in [5, 5.41) is 3.29. The van der Waals surface area contributed by atoms with E-state index in [1.807, 2.05) is 0 Å². The normalized spacial score (nSPS) is 11.9. The van der Waals surface area contributed by atoms with Gasteiger partial charge < -0.3 is 10.1 Å². The molecule has 0 aliphatic rings. The van der Waals surface area contributed by atoms with Crippen molar-refractivity contribution >= 4 is 52.6 Å². The van der Waals surface area contributed by atoms with E-state index in [2.05, 4.69) is 5.32 Å². The summed E-state index contributed by atoms with van der Waals surface area (Å²) in [5.74, 6) is -1.33. The molecule has 1 unspecified atom stereocenters. The number of hydrogen-bond donors (Lipinski definition) is 1. The second-order valence-electron chi connectivity index (χ2n) is 5.68. The fourth-order valence-electron chi connectivity index (χ4n) is 2.13. The maximum atomic E-state index is 12.2. The van der Waals surface area contributed by atoms with Crippen LogP contribution in [-0.4, -0.2) is 23.8 Å². The van der Waals surface area contributed by atoms with Gasteiger partial charge in [-0.15, -0.1) is 0 Å². The van der Waals surface area contributed by atoms with Crippen molar-refractivity contribution in [1.82, 2.24) is 0 Å². The Bertz CT molecular complexity index is 909. The van der Waals surface area contributed by atoms with E-state index in [0.717, 1.165) is 6.08 Å². The zero-order valence-corrected chi connectivity index (χ0v) is 16.2. The molecule has 27 heavy (non-hydrogen) atoms. The Morgan fingerprint density at radius 2 is 1.81 bits per heavy atom. The summed E-state index contributed by atoms with van der Waals surface area (Å²) >= 11 is 11.9. The molecule has 0 aliphatic heterocycles. The van der Waals surface area contributed by atoms with E-state index in [-0.39, 0.29) is 5.78 Å². The lowest BCUT2D eigenvalue weighted by Gasteiger charge is -2.12. The SMILES string of the molecule is CC(=O)c1cccc(NC(=O)C(C)OC(=O)/C=C/c2cccc(Cl)c2Cl)c1. The number of ether oxygens (including phenoxy) is 1. The summed E-state index contributed by atoms with van der Waals surface area (Å²) in [4.78, 5) is 35.5. The van der Waals surface area contributed by atoms with E-state index in [9.17, 15) is 14.4 Å². The first kappa shape index (κ1) is 20.7. The Morgan fingerprint density at radius 1 is 1.11 bits per heavy atom. The van der Waals surface area contributed by atoms with Gasteiger partial charge in [0.15, 0.2) is 11.9 Å². The molecule has 0 heterocycles. The molecule has 0 bridgehead atoms. The average molecular weight is 406 g/mol. The number of esters is 1. The van der Waals surface area contributed by atoms with Gasteiger partial charge in [-0.05, 0) is 43.7 Å². The standard InChI is InChI=1S/C20H17Cl2NO4/c1-12(24)15-6-3-7-16(11-15)23-20(26)13(2)27-18(25)10-9-14-5-4-8-17(21)19(14)22/h3-11,13H,1-2H3,(H,23,26)/b10-9+. The summed E-state index contributed by atoms with van der Waals surface area (Å²) < 4.78 is 5.07. The van der Waals surface area contributed by atoms with Gasteiger partial charge in [0.05, 0.1) is 10.0 Å². The molecular weight excluding hydrogens is 389 g/mol. The molecule has 0 aromatic heterocycles. The molecule has 1 N–H and O–H groups in total. The van der Waals surface area contributed by atoms with Crippen LogP contribution in [0.15, 0.2) is 48.5 Å². The van der Waals surface area contributed by atoms with Gasteiger partial charge in [-0.3, -0.25) is 9.59 Å². The molecule has 0 spiro atoms. The van der Waals surface area contributed by atoms with Crippen LogP contribution >= 0.6 is 23.2 Å². The third kappa shape index (κ3) is 5.94. The number of anilines is 1. The number of ketones is 1. The molecule has 2 aromatic rings. The van der Waals surface area contributed by atoms with E-state index in [1.54, 1.807) is 42.5 Å². The molecule has 0 radical (unpaired) electrons. The molecule has 5 nitrogen and oxygen atoms in total. The lowest BCUT2D eigenvalue weighted by molar-refractivity contribution is -0.148. The van der Waals surface area contributed by atoms with Crippen LogP contribution in [0.5, 0.6) is 0 Å². The van der Waals surface area contributed by atoms with Gasteiger partial charge in [-0.2, -0.15) is 0 Å². The highest BCUT2D eigenvalue weighted by Crippen LogP contribution is 2.26. The van der Waals surface area contributed by atoms with Crippen LogP contribution in [-0.2, 0) is 14.3 Å². The first-order chi connectivity index (χ1) is 12.8. The molecule has 0 aliphatic carbocycles. The van der Waals surface area contributed by atoms with Crippen molar-refractivity contribution < 1.29 is 19.1 Å². The van der Waals surface area contributed by atoms with Crippen LogP contribution in [0.2, 0.25) is 10.0 Å². The second-order valence-corrected chi connectivity index (χ2v) is 6.47. The topological polar surface area (TPSA) is 72.5 Å². The third-order valence-electron chi connectivity index (χ3n) is 3.58. The average Bonchev–Trinajstić information content (AvgIpc) is 2.63. The Hall–Kier alpha value is -2.63. The van der Waals surface area contributed by atoms with E-state index in [4.69, 9.17) is 27.9 Å². The van der Waals surface area contributed by atoms with Crippen molar-refractivity contribution in [3.8, 4) is 0 Å². The van der Waals surface area contributed by atoms with Crippen LogP contribution < -0.4 is 5.32 Å². The van der Waals surface area contributed by atoms with Crippen molar-refractivity contribution in [2.45, 2.75) is 20.0 Å². The van der Waals surface area contributed by atoms with Crippen LogP contribution in [0, 0.1) is 0 Å². The first-order valence-corrected chi connectivity index (χ1v) is 8.78. The van der Waals surface area contributed by atoms with E-state index in [0.29, 0.717) is 26.9 Å². The Kier molecular flexibility index (Phi) is 7.16. The number of rotatable bonds is 6. The Labute approximate surface area is 166 Å². The molecular formula is C20H17Cl2NO4. The molecule has 2 aromatic carbocycles. The summed E-state index contributed by atoms with van der Waals surface area (Å²) in [6, 6.07) is 11.5.